The van der Waals surface area contributed by atoms with E-state index in [1.165, 1.54) is 91.1 Å². The smallest absolute Gasteiger partial charge is 0.201 e. The van der Waals surface area contributed by atoms with Gasteiger partial charge in [0.15, 0.2) is 24.8 Å². The van der Waals surface area contributed by atoms with Gasteiger partial charge < -0.3 is 0 Å². The fourth-order valence-corrected chi connectivity index (χ4v) is 9.73. The summed E-state index contributed by atoms with van der Waals surface area (Å²) in [7, 11) is 8.38. The zero-order valence-electron chi connectivity index (χ0n) is 52.6. The lowest BCUT2D eigenvalue weighted by molar-refractivity contribution is -0.661. The molecule has 8 aromatic rings. The summed E-state index contributed by atoms with van der Waals surface area (Å²) in [5.74, 6) is 0. The van der Waals surface area contributed by atoms with Crippen LogP contribution in [0.4, 0.5) is 0 Å². The Balaban J connectivity index is 0.000000192. The van der Waals surface area contributed by atoms with Gasteiger partial charge in [0.25, 0.3) is 0 Å². The highest BCUT2D eigenvalue weighted by atomic mass is 14.9. The zero-order chi connectivity index (χ0) is 58.0. The Labute approximate surface area is 465 Å². The van der Waals surface area contributed by atoms with Gasteiger partial charge in [-0.3, -0.25) is 0 Å². The third-order valence-electron chi connectivity index (χ3n) is 14.7. The van der Waals surface area contributed by atoms with Crippen molar-refractivity contribution in [3.63, 3.8) is 0 Å². The molecule has 400 valence electrons. The average Bonchev–Trinajstić information content (AvgIpc) is 3.37. The first-order chi connectivity index (χ1) is 36.4. The van der Waals surface area contributed by atoms with Crippen LogP contribution in [0.1, 0.15) is 143 Å². The van der Waals surface area contributed by atoms with Crippen molar-refractivity contribution in [2.45, 2.75) is 147 Å². The topological polar surface area (TPSA) is 15.5 Å². The molecule has 0 aliphatic rings. The summed E-state index contributed by atoms with van der Waals surface area (Å²) >= 11 is 0. The van der Waals surface area contributed by atoms with Crippen LogP contribution in [0.2, 0.25) is 0 Å². The molecule has 4 aromatic carbocycles. The van der Waals surface area contributed by atoms with Crippen LogP contribution in [0.25, 0.3) is 45.0 Å². The maximum atomic E-state index is 8.39. The molecular weight excluding hydrogens is 921 g/mol. The molecule has 0 radical (unpaired) electrons. The lowest BCUT2D eigenvalue weighted by Crippen LogP contribution is -2.34. The summed E-state index contributed by atoms with van der Waals surface area (Å²) in [5, 5.41) is 0. The number of benzene rings is 4. The van der Waals surface area contributed by atoms with Gasteiger partial charge in [-0.05, 0) is 146 Å². The second-order valence-electron chi connectivity index (χ2n) is 24.7. The van der Waals surface area contributed by atoms with Crippen molar-refractivity contribution in [3.05, 3.63) is 215 Å². The second-order valence-corrected chi connectivity index (χ2v) is 24.7. The Morgan fingerprint density at radius 1 is 0.355 bits per heavy atom. The van der Waals surface area contributed by atoms with Crippen molar-refractivity contribution in [1.82, 2.24) is 0 Å². The predicted molar refractivity (Wildman–Crippen MR) is 324 cm³/mol. The highest BCUT2D eigenvalue weighted by molar-refractivity contribution is 5.63. The molecule has 0 fully saturated rings. The summed E-state index contributed by atoms with van der Waals surface area (Å²) in [4.78, 5) is 0. The molecule has 0 unspecified atom stereocenters. The van der Waals surface area contributed by atoms with Crippen molar-refractivity contribution >= 4 is 0 Å². The normalized spacial score (nSPS) is 12.2. The minimum atomic E-state index is -1.37. The van der Waals surface area contributed by atoms with Gasteiger partial charge in [-0.15, -0.1) is 0 Å². The SMILES string of the molecule is CCC(C)(CC)c1ccc(-c2ccccc2C)[n+](C)c1.Cc1ccccc1-c1ccc(C(C)(C)C)c[n+]1C.Cc1ccccc1-c1ccc(CC(C)(C)C)c[n+]1C.[2H]C([2H])(c1ccc(-c2ccccc2C)[n+](C)c1)C(C)(C)C. The molecule has 0 spiro atoms. The molecule has 0 saturated carbocycles. The van der Waals surface area contributed by atoms with Crippen molar-refractivity contribution in [1.29, 1.82) is 0 Å². The average molecular weight is 1020 g/mol. The molecule has 0 atom stereocenters. The van der Waals surface area contributed by atoms with Crippen molar-refractivity contribution < 1.29 is 21.0 Å². The van der Waals surface area contributed by atoms with E-state index < -0.39 is 11.8 Å². The monoisotopic (exact) mass is 1020 g/mol. The van der Waals surface area contributed by atoms with Gasteiger partial charge >= 0.3 is 0 Å². The summed E-state index contributed by atoms with van der Waals surface area (Å²) < 4.78 is 25.5. The van der Waals surface area contributed by atoms with Gasteiger partial charge in [-0.25, -0.2) is 18.3 Å². The lowest BCUT2D eigenvalue weighted by atomic mass is 9.78. The fourth-order valence-electron chi connectivity index (χ4n) is 9.73. The first kappa shape index (κ1) is 57.2. The van der Waals surface area contributed by atoms with E-state index in [2.05, 4.69) is 265 Å². The Morgan fingerprint density at radius 2 is 0.658 bits per heavy atom. The minimum absolute atomic E-state index is 0.196. The highest BCUT2D eigenvalue weighted by Crippen LogP contribution is 2.32. The van der Waals surface area contributed by atoms with Crippen LogP contribution in [-0.4, -0.2) is 0 Å². The van der Waals surface area contributed by atoms with Crippen LogP contribution in [0.3, 0.4) is 0 Å². The molecule has 0 bridgehead atoms. The molecule has 76 heavy (non-hydrogen) atoms. The molecule has 0 aliphatic carbocycles. The van der Waals surface area contributed by atoms with Crippen LogP contribution in [0.15, 0.2) is 170 Å². The Bertz CT molecular complexity index is 3270. The van der Waals surface area contributed by atoms with Gasteiger partial charge in [0.2, 0.25) is 22.8 Å². The minimum Gasteiger partial charge on any atom is -0.201 e. The Hall–Kier alpha value is -6.52. The molecule has 0 saturated heterocycles. The molecule has 4 aromatic heterocycles. The van der Waals surface area contributed by atoms with Crippen LogP contribution < -0.4 is 18.3 Å². The third-order valence-corrected chi connectivity index (χ3v) is 14.7. The summed E-state index contributed by atoms with van der Waals surface area (Å²) in [6.07, 6.45) is 10.8. The molecular formula is C72H96N4+4. The second kappa shape index (κ2) is 26.0. The third kappa shape index (κ3) is 16.7. The molecule has 0 aliphatic heterocycles. The van der Waals surface area contributed by atoms with E-state index in [4.69, 9.17) is 2.74 Å². The van der Waals surface area contributed by atoms with Crippen LogP contribution in [0.5, 0.6) is 0 Å². The molecule has 0 N–H and O–H groups in total. The highest BCUT2D eigenvalue weighted by Gasteiger charge is 2.26. The van der Waals surface area contributed by atoms with E-state index in [0.29, 0.717) is 5.41 Å². The molecule has 4 heterocycles. The van der Waals surface area contributed by atoms with Crippen molar-refractivity contribution in [2.75, 3.05) is 0 Å². The fraction of sp³-hybridized carbons (Fsp3) is 0.389. The van der Waals surface area contributed by atoms with Crippen LogP contribution >= 0.6 is 0 Å². The number of pyridine rings is 4. The van der Waals surface area contributed by atoms with Crippen molar-refractivity contribution in [3.8, 4) is 45.0 Å². The molecule has 8 rings (SSSR count). The summed E-state index contributed by atoms with van der Waals surface area (Å²) in [6, 6.07) is 51.4. The molecule has 4 heteroatoms. The molecule has 0 amide bonds. The maximum Gasteiger partial charge on any atom is 0.212 e. The van der Waals surface area contributed by atoms with Gasteiger partial charge in [0.1, 0.15) is 28.2 Å². The van der Waals surface area contributed by atoms with E-state index in [1.807, 2.05) is 62.8 Å². The van der Waals surface area contributed by atoms with E-state index >= 15 is 0 Å². The van der Waals surface area contributed by atoms with Gasteiger partial charge in [-0.1, -0.05) is 156 Å². The standard InChI is InChI=1S/C19H26N.2C18H24N.C17H22N/c1-6-19(4,7-2)16-12-13-18(20(5)14-16)17-11-9-8-10-15(17)3;2*1-14-8-6-7-9-16(14)17-11-10-15(13-19(17)5)12-18(2,3)4;1-13-8-6-7-9-15(13)16-11-10-14(12-18(16)5)17(2,3)4/h8-14H,6-7H2,1-5H3;2*6-11,13H,12H2,1-5H3;6-12H,1-5H3/q4*+1/i;12D2;;. The lowest BCUT2D eigenvalue weighted by Gasteiger charge is -2.26. The van der Waals surface area contributed by atoms with E-state index in [1.54, 1.807) is 0 Å². The van der Waals surface area contributed by atoms with Gasteiger partial charge in [0, 0.05) is 71.5 Å². The molecule has 4 nitrogen and oxygen atoms in total. The Kier molecular flexibility index (Phi) is 19.6. The number of nitrogens with zero attached hydrogens (tertiary/aromatic N) is 4. The van der Waals surface area contributed by atoms with Crippen LogP contribution in [0, 0.1) is 38.5 Å². The number of hydrogen-bond acceptors (Lipinski definition) is 0. The number of rotatable bonds is 9. The summed E-state index contributed by atoms with van der Waals surface area (Å²) in [6.45, 7) is 34.9. The zero-order valence-corrected chi connectivity index (χ0v) is 50.6. The largest absolute Gasteiger partial charge is 0.212 e. The van der Waals surface area contributed by atoms with Gasteiger partial charge in [-0.2, -0.15) is 0 Å². The quantitative estimate of drug-likeness (QED) is 0.128. The van der Waals surface area contributed by atoms with E-state index in [0.717, 1.165) is 17.7 Å². The first-order valence-corrected chi connectivity index (χ1v) is 27.7. The number of aromatic nitrogens is 4. The first-order valence-electron chi connectivity index (χ1n) is 28.7. The van der Waals surface area contributed by atoms with Crippen molar-refractivity contribution in [2.24, 2.45) is 39.0 Å². The predicted octanol–water partition coefficient (Wildman–Crippen LogP) is 16.5. The number of aryl methyl sites for hydroxylation is 8. The number of hydrogen-bond donors (Lipinski definition) is 0. The maximum absolute atomic E-state index is 8.39. The Morgan fingerprint density at radius 3 is 0.961 bits per heavy atom. The summed E-state index contributed by atoms with van der Waals surface area (Å²) in [5.41, 5.74) is 20.5. The van der Waals surface area contributed by atoms with Crippen LogP contribution in [-0.2, 0) is 51.8 Å². The van der Waals surface area contributed by atoms with E-state index in [-0.39, 0.29) is 10.8 Å². The van der Waals surface area contributed by atoms with E-state index in [9.17, 15) is 0 Å². The van der Waals surface area contributed by atoms with Gasteiger partial charge in [0.05, 0.1) is 0 Å².